The van der Waals surface area contributed by atoms with E-state index in [0.717, 1.165) is 24.9 Å². The highest BCUT2D eigenvalue weighted by Gasteiger charge is 2.24. The Morgan fingerprint density at radius 1 is 1.50 bits per heavy atom. The monoisotopic (exact) mass is 248 g/mol. The quantitative estimate of drug-likeness (QED) is 0.750. The number of nitrogens with one attached hydrogen (secondary N) is 2. The molecule has 1 amide bonds. The number of benzene rings is 1. The first-order valence-electron chi connectivity index (χ1n) is 6.40. The van der Waals surface area contributed by atoms with Gasteiger partial charge in [-0.2, -0.15) is 0 Å². The zero-order valence-electron chi connectivity index (χ0n) is 10.9. The molecule has 98 valence electrons. The number of amides is 1. The Balaban J connectivity index is 2.00. The summed E-state index contributed by atoms with van der Waals surface area (Å²) < 4.78 is 0. The highest BCUT2D eigenvalue weighted by atomic mass is 16.3. The average Bonchev–Trinajstić information content (AvgIpc) is 2.34. The lowest BCUT2D eigenvalue weighted by atomic mass is 9.94. The molecule has 0 aliphatic carbocycles. The number of hydrogen-bond acceptors (Lipinski definition) is 3. The lowest BCUT2D eigenvalue weighted by Gasteiger charge is -2.27. The van der Waals surface area contributed by atoms with Crippen LogP contribution < -0.4 is 10.6 Å². The maximum absolute atomic E-state index is 12.1. The number of carbonyl (C=O) groups excluding carboxylic acids is 1. The van der Waals surface area contributed by atoms with Gasteiger partial charge in [-0.1, -0.05) is 13.0 Å². The van der Waals surface area contributed by atoms with Crippen LogP contribution in [0.25, 0.3) is 0 Å². The van der Waals surface area contributed by atoms with Crippen molar-refractivity contribution in [2.24, 2.45) is 5.92 Å². The number of carbonyl (C=O) groups is 1. The fourth-order valence-electron chi connectivity index (χ4n) is 2.22. The van der Waals surface area contributed by atoms with Crippen molar-refractivity contribution in [1.82, 2.24) is 5.32 Å². The van der Waals surface area contributed by atoms with E-state index in [1.807, 2.05) is 6.92 Å². The molecule has 1 aliphatic rings. The van der Waals surface area contributed by atoms with Crippen molar-refractivity contribution in [1.29, 1.82) is 0 Å². The molecule has 4 nitrogen and oxygen atoms in total. The summed E-state index contributed by atoms with van der Waals surface area (Å²) in [5.41, 5.74) is 1.44. The summed E-state index contributed by atoms with van der Waals surface area (Å²) in [6.07, 6.45) is 1.98. The normalized spacial score (nSPS) is 23.7. The maximum atomic E-state index is 12.1. The van der Waals surface area contributed by atoms with Gasteiger partial charge in [-0.25, -0.2) is 0 Å². The van der Waals surface area contributed by atoms with Crippen molar-refractivity contribution < 1.29 is 9.90 Å². The van der Waals surface area contributed by atoms with E-state index in [0.29, 0.717) is 11.6 Å². The predicted molar refractivity (Wildman–Crippen MR) is 71.7 cm³/mol. The van der Waals surface area contributed by atoms with Crippen molar-refractivity contribution in [2.45, 2.75) is 32.7 Å². The van der Waals surface area contributed by atoms with Crippen molar-refractivity contribution in [3.8, 4) is 5.75 Å². The molecule has 1 aromatic rings. The average molecular weight is 248 g/mol. The van der Waals surface area contributed by atoms with Gasteiger partial charge in [0.25, 0.3) is 0 Å². The van der Waals surface area contributed by atoms with Gasteiger partial charge in [0, 0.05) is 11.8 Å². The molecule has 1 heterocycles. The van der Waals surface area contributed by atoms with E-state index in [1.54, 1.807) is 18.2 Å². The first-order valence-corrected chi connectivity index (χ1v) is 6.40. The molecule has 2 unspecified atom stereocenters. The number of aromatic hydroxyl groups is 1. The van der Waals surface area contributed by atoms with Gasteiger partial charge in [0.05, 0.1) is 6.04 Å². The fourth-order valence-corrected chi connectivity index (χ4v) is 2.22. The van der Waals surface area contributed by atoms with E-state index in [2.05, 4.69) is 17.6 Å². The van der Waals surface area contributed by atoms with Crippen LogP contribution in [0.2, 0.25) is 0 Å². The van der Waals surface area contributed by atoms with Crippen LogP contribution in [-0.2, 0) is 4.79 Å². The van der Waals surface area contributed by atoms with E-state index in [1.165, 1.54) is 0 Å². The van der Waals surface area contributed by atoms with Crippen LogP contribution in [-0.4, -0.2) is 23.6 Å². The number of rotatable bonds is 2. The SMILES string of the molecule is Cc1ccc(NC(=O)C2CC(C)CCN2)cc1O. The van der Waals surface area contributed by atoms with E-state index in [9.17, 15) is 9.90 Å². The standard InChI is InChI=1S/C14H20N2O2/c1-9-5-6-15-12(7-9)14(18)16-11-4-3-10(2)13(17)8-11/h3-4,8-9,12,15,17H,5-7H2,1-2H3,(H,16,18). The first-order chi connectivity index (χ1) is 8.56. The highest BCUT2D eigenvalue weighted by molar-refractivity contribution is 5.95. The van der Waals surface area contributed by atoms with Gasteiger partial charge >= 0.3 is 0 Å². The number of phenolic OH excluding ortho intramolecular Hbond substituents is 1. The van der Waals surface area contributed by atoms with Crippen LogP contribution in [0, 0.1) is 12.8 Å². The lowest BCUT2D eigenvalue weighted by Crippen LogP contribution is -2.45. The maximum Gasteiger partial charge on any atom is 0.241 e. The van der Waals surface area contributed by atoms with Crippen molar-refractivity contribution >= 4 is 11.6 Å². The van der Waals surface area contributed by atoms with Crippen LogP contribution in [0.3, 0.4) is 0 Å². The third-order valence-corrected chi connectivity index (χ3v) is 3.46. The molecular weight excluding hydrogens is 228 g/mol. The molecule has 1 fully saturated rings. The van der Waals surface area contributed by atoms with Gasteiger partial charge in [0.2, 0.25) is 5.91 Å². The van der Waals surface area contributed by atoms with E-state index in [4.69, 9.17) is 0 Å². The second-order valence-electron chi connectivity index (χ2n) is 5.13. The smallest absolute Gasteiger partial charge is 0.241 e. The Morgan fingerprint density at radius 2 is 2.28 bits per heavy atom. The van der Waals surface area contributed by atoms with Crippen molar-refractivity contribution in [2.75, 3.05) is 11.9 Å². The minimum atomic E-state index is -0.128. The molecule has 1 aliphatic heterocycles. The minimum absolute atomic E-state index is 0.0233. The van der Waals surface area contributed by atoms with Gasteiger partial charge in [0.15, 0.2) is 0 Å². The summed E-state index contributed by atoms with van der Waals surface area (Å²) >= 11 is 0. The summed E-state index contributed by atoms with van der Waals surface area (Å²) in [5.74, 6) is 0.760. The Hall–Kier alpha value is -1.55. The minimum Gasteiger partial charge on any atom is -0.508 e. The third kappa shape index (κ3) is 3.01. The Morgan fingerprint density at radius 3 is 2.94 bits per heavy atom. The Bertz CT molecular complexity index is 445. The zero-order valence-corrected chi connectivity index (χ0v) is 10.9. The molecule has 0 radical (unpaired) electrons. The van der Waals surface area contributed by atoms with Crippen LogP contribution in [0.1, 0.15) is 25.3 Å². The van der Waals surface area contributed by atoms with Gasteiger partial charge < -0.3 is 15.7 Å². The molecule has 18 heavy (non-hydrogen) atoms. The Kier molecular flexibility index (Phi) is 3.87. The van der Waals surface area contributed by atoms with Crippen LogP contribution in [0.4, 0.5) is 5.69 Å². The summed E-state index contributed by atoms with van der Waals surface area (Å²) in [4.78, 5) is 12.1. The number of phenols is 1. The van der Waals surface area contributed by atoms with E-state index in [-0.39, 0.29) is 17.7 Å². The van der Waals surface area contributed by atoms with Crippen molar-refractivity contribution in [3.63, 3.8) is 0 Å². The number of hydrogen-bond donors (Lipinski definition) is 3. The van der Waals surface area contributed by atoms with Crippen molar-refractivity contribution in [3.05, 3.63) is 23.8 Å². The predicted octanol–water partition coefficient (Wildman–Crippen LogP) is 2.03. The number of aryl methyl sites for hydroxylation is 1. The third-order valence-electron chi connectivity index (χ3n) is 3.46. The van der Waals surface area contributed by atoms with E-state index >= 15 is 0 Å². The fraction of sp³-hybridized carbons (Fsp3) is 0.500. The lowest BCUT2D eigenvalue weighted by molar-refractivity contribution is -0.119. The topological polar surface area (TPSA) is 61.4 Å². The zero-order chi connectivity index (χ0) is 13.1. The molecule has 3 N–H and O–H groups in total. The van der Waals surface area contributed by atoms with Gasteiger partial charge in [-0.05, 0) is 43.9 Å². The molecule has 4 heteroatoms. The second kappa shape index (κ2) is 5.40. The molecule has 1 aromatic carbocycles. The molecule has 0 aromatic heterocycles. The Labute approximate surface area is 107 Å². The largest absolute Gasteiger partial charge is 0.508 e. The summed E-state index contributed by atoms with van der Waals surface area (Å²) in [7, 11) is 0. The molecule has 0 spiro atoms. The van der Waals surface area contributed by atoms with Gasteiger partial charge in [-0.15, -0.1) is 0 Å². The van der Waals surface area contributed by atoms with E-state index < -0.39 is 0 Å². The van der Waals surface area contributed by atoms with Crippen LogP contribution in [0.15, 0.2) is 18.2 Å². The molecular formula is C14H20N2O2. The molecule has 2 atom stereocenters. The summed E-state index contributed by atoms with van der Waals surface area (Å²) in [6.45, 7) is 4.88. The molecule has 0 saturated carbocycles. The summed E-state index contributed by atoms with van der Waals surface area (Å²) in [6, 6.07) is 5.05. The van der Waals surface area contributed by atoms with Crippen LogP contribution >= 0.6 is 0 Å². The van der Waals surface area contributed by atoms with Gasteiger partial charge in [0.1, 0.15) is 5.75 Å². The second-order valence-corrected chi connectivity index (χ2v) is 5.13. The molecule has 0 bridgehead atoms. The highest BCUT2D eigenvalue weighted by Crippen LogP contribution is 2.22. The van der Waals surface area contributed by atoms with Crippen LogP contribution in [0.5, 0.6) is 5.75 Å². The molecule has 1 saturated heterocycles. The first kappa shape index (κ1) is 12.9. The molecule has 2 rings (SSSR count). The summed E-state index contributed by atoms with van der Waals surface area (Å²) in [5, 5.41) is 15.7. The number of anilines is 1. The van der Waals surface area contributed by atoms with Gasteiger partial charge in [-0.3, -0.25) is 4.79 Å². The number of piperidine rings is 1.